The van der Waals surface area contributed by atoms with E-state index in [2.05, 4.69) is 19.1 Å². The van der Waals surface area contributed by atoms with Gasteiger partial charge in [0.2, 0.25) is 0 Å². The number of benzene rings is 1. The fourth-order valence-electron chi connectivity index (χ4n) is 6.38. The molecule has 0 saturated heterocycles. The number of aliphatic hydroxyl groups excluding tert-OH is 1. The molecular formula is C21H27NO2. The van der Waals surface area contributed by atoms with Crippen molar-refractivity contribution < 1.29 is 10.2 Å². The highest BCUT2D eigenvalue weighted by Crippen LogP contribution is 2.63. The fraction of sp³-hybridized carbons (Fsp3) is 0.667. The number of aryl methyl sites for hydroxylation is 1. The standard InChI is InChI=1S/C21H27NO2/c1-21-12-14(3-2-10-22)20-16-7-5-15(23)11-13(16)4-6-17(20)18(21)8-9-19(21)24/h5,7,11,14,17-20,23-24H,2-4,6,8-9,12H2,1H3/t14-,17-,18-,19-,20+,21-/m0/s1. The average molecular weight is 325 g/mol. The first-order valence-corrected chi connectivity index (χ1v) is 9.41. The molecule has 1 aromatic carbocycles. The number of hydrogen-bond acceptors (Lipinski definition) is 3. The predicted octanol–water partition coefficient (Wildman–Crippen LogP) is 4.14. The van der Waals surface area contributed by atoms with Crippen molar-refractivity contribution in [3.8, 4) is 11.8 Å². The number of aromatic hydroxyl groups is 1. The van der Waals surface area contributed by atoms with Crippen LogP contribution in [-0.4, -0.2) is 16.3 Å². The quantitative estimate of drug-likeness (QED) is 0.859. The molecule has 0 radical (unpaired) electrons. The van der Waals surface area contributed by atoms with Crippen LogP contribution in [0.2, 0.25) is 0 Å². The number of aliphatic hydroxyl groups is 1. The molecule has 1 aromatic rings. The van der Waals surface area contributed by atoms with Crippen LogP contribution >= 0.6 is 0 Å². The molecule has 24 heavy (non-hydrogen) atoms. The van der Waals surface area contributed by atoms with Gasteiger partial charge in [-0.1, -0.05) is 13.0 Å². The second kappa shape index (κ2) is 5.77. The second-order valence-corrected chi connectivity index (χ2v) is 8.48. The first kappa shape index (κ1) is 16.0. The molecule has 0 spiro atoms. The third-order valence-electron chi connectivity index (χ3n) is 7.41. The predicted molar refractivity (Wildman–Crippen MR) is 92.5 cm³/mol. The molecule has 3 heteroatoms. The van der Waals surface area contributed by atoms with E-state index in [9.17, 15) is 10.2 Å². The van der Waals surface area contributed by atoms with E-state index in [0.717, 1.165) is 38.5 Å². The number of nitriles is 1. The molecule has 0 amide bonds. The summed E-state index contributed by atoms with van der Waals surface area (Å²) in [6.07, 6.45) is 6.60. The highest BCUT2D eigenvalue weighted by atomic mass is 16.3. The van der Waals surface area contributed by atoms with Crippen LogP contribution in [0.4, 0.5) is 0 Å². The lowest BCUT2D eigenvalue weighted by atomic mass is 9.51. The Kier molecular flexibility index (Phi) is 3.84. The summed E-state index contributed by atoms with van der Waals surface area (Å²) in [5, 5.41) is 29.6. The van der Waals surface area contributed by atoms with Crippen molar-refractivity contribution in [3.63, 3.8) is 0 Å². The minimum atomic E-state index is -0.186. The van der Waals surface area contributed by atoms with Crippen molar-refractivity contribution in [1.29, 1.82) is 5.26 Å². The Hall–Kier alpha value is -1.53. The van der Waals surface area contributed by atoms with Gasteiger partial charge in [0.15, 0.2) is 0 Å². The van der Waals surface area contributed by atoms with Crippen LogP contribution < -0.4 is 0 Å². The van der Waals surface area contributed by atoms with Gasteiger partial charge in [-0.05, 0) is 90.9 Å². The van der Waals surface area contributed by atoms with Gasteiger partial charge < -0.3 is 10.2 Å². The molecule has 0 bridgehead atoms. The van der Waals surface area contributed by atoms with Crippen molar-refractivity contribution in [1.82, 2.24) is 0 Å². The molecule has 2 N–H and O–H groups in total. The maximum Gasteiger partial charge on any atom is 0.115 e. The monoisotopic (exact) mass is 325 g/mol. The number of phenolic OH excluding ortho intramolecular Hbond substituents is 1. The van der Waals surface area contributed by atoms with Crippen LogP contribution in [0, 0.1) is 34.5 Å². The molecule has 0 aliphatic heterocycles. The summed E-state index contributed by atoms with van der Waals surface area (Å²) in [7, 11) is 0. The van der Waals surface area contributed by atoms with E-state index in [4.69, 9.17) is 5.26 Å². The summed E-state index contributed by atoms with van der Waals surface area (Å²) in [5.74, 6) is 2.52. The summed E-state index contributed by atoms with van der Waals surface area (Å²) in [6.45, 7) is 2.29. The van der Waals surface area contributed by atoms with E-state index in [1.54, 1.807) is 0 Å². The number of rotatable bonds is 2. The smallest absolute Gasteiger partial charge is 0.115 e. The molecule has 0 heterocycles. The van der Waals surface area contributed by atoms with Crippen molar-refractivity contribution in [3.05, 3.63) is 29.3 Å². The van der Waals surface area contributed by atoms with Gasteiger partial charge in [0.1, 0.15) is 5.75 Å². The highest BCUT2D eigenvalue weighted by Gasteiger charge is 2.57. The van der Waals surface area contributed by atoms with Crippen LogP contribution in [0.25, 0.3) is 0 Å². The lowest BCUT2D eigenvalue weighted by Crippen LogP contribution is -2.47. The van der Waals surface area contributed by atoms with Crippen molar-refractivity contribution >= 4 is 0 Å². The van der Waals surface area contributed by atoms with Crippen LogP contribution in [0.15, 0.2) is 18.2 Å². The Morgan fingerprint density at radius 2 is 2.12 bits per heavy atom. The summed E-state index contributed by atoms with van der Waals surface area (Å²) in [5.41, 5.74) is 2.71. The fourth-order valence-corrected chi connectivity index (χ4v) is 6.38. The largest absolute Gasteiger partial charge is 0.508 e. The summed E-state index contributed by atoms with van der Waals surface area (Å²) in [6, 6.07) is 8.20. The Morgan fingerprint density at radius 3 is 2.92 bits per heavy atom. The zero-order valence-electron chi connectivity index (χ0n) is 14.4. The van der Waals surface area contributed by atoms with E-state index in [0.29, 0.717) is 35.8 Å². The maximum absolute atomic E-state index is 10.7. The number of nitrogens with zero attached hydrogens (tertiary/aromatic N) is 1. The van der Waals surface area contributed by atoms with E-state index in [-0.39, 0.29) is 11.5 Å². The molecule has 2 fully saturated rings. The Bertz CT molecular complexity index is 679. The van der Waals surface area contributed by atoms with Gasteiger partial charge in [-0.3, -0.25) is 0 Å². The first-order valence-electron chi connectivity index (χ1n) is 9.41. The zero-order chi connectivity index (χ0) is 16.9. The van der Waals surface area contributed by atoms with Gasteiger partial charge in [-0.2, -0.15) is 5.26 Å². The molecule has 4 rings (SSSR count). The molecule has 3 nitrogen and oxygen atoms in total. The van der Waals surface area contributed by atoms with Crippen molar-refractivity contribution in [2.45, 2.75) is 63.9 Å². The van der Waals surface area contributed by atoms with Crippen molar-refractivity contribution in [2.24, 2.45) is 23.2 Å². The molecule has 0 aromatic heterocycles. The van der Waals surface area contributed by atoms with Gasteiger partial charge >= 0.3 is 0 Å². The Labute approximate surface area is 144 Å². The summed E-state index contributed by atoms with van der Waals surface area (Å²) in [4.78, 5) is 0. The highest BCUT2D eigenvalue weighted by molar-refractivity contribution is 5.40. The minimum absolute atomic E-state index is 0.0235. The van der Waals surface area contributed by atoms with E-state index >= 15 is 0 Å². The lowest BCUT2D eigenvalue weighted by Gasteiger charge is -2.54. The van der Waals surface area contributed by atoms with Gasteiger partial charge in [-0.25, -0.2) is 0 Å². The average Bonchev–Trinajstić information content (AvgIpc) is 2.87. The Balaban J connectivity index is 1.75. The first-order chi connectivity index (χ1) is 11.5. The van der Waals surface area contributed by atoms with Crippen LogP contribution in [0.1, 0.15) is 62.5 Å². The van der Waals surface area contributed by atoms with Crippen LogP contribution in [-0.2, 0) is 6.42 Å². The third-order valence-corrected chi connectivity index (χ3v) is 7.41. The topological polar surface area (TPSA) is 64.2 Å². The van der Waals surface area contributed by atoms with E-state index < -0.39 is 0 Å². The number of hydrogen-bond donors (Lipinski definition) is 2. The molecular weight excluding hydrogens is 298 g/mol. The molecule has 2 saturated carbocycles. The Morgan fingerprint density at radius 1 is 1.29 bits per heavy atom. The minimum Gasteiger partial charge on any atom is -0.508 e. The number of fused-ring (bicyclic) bond motifs is 5. The van der Waals surface area contributed by atoms with Crippen LogP contribution in [0.5, 0.6) is 5.75 Å². The molecule has 0 unspecified atom stereocenters. The normalized spacial score (nSPS) is 40.3. The van der Waals surface area contributed by atoms with E-state index in [1.807, 2.05) is 12.1 Å². The summed E-state index contributed by atoms with van der Waals surface area (Å²) >= 11 is 0. The maximum atomic E-state index is 10.7. The van der Waals surface area contributed by atoms with E-state index in [1.165, 1.54) is 11.1 Å². The summed E-state index contributed by atoms with van der Waals surface area (Å²) < 4.78 is 0. The van der Waals surface area contributed by atoms with Crippen LogP contribution in [0.3, 0.4) is 0 Å². The lowest BCUT2D eigenvalue weighted by molar-refractivity contribution is -0.0494. The molecule has 6 atom stereocenters. The van der Waals surface area contributed by atoms with Gasteiger partial charge in [-0.15, -0.1) is 0 Å². The molecule has 3 aliphatic carbocycles. The molecule has 128 valence electrons. The SMILES string of the molecule is C[C@]12C[C@H](CCC#N)[C@@H]3c4ccc(O)cc4CC[C@H]3[C@@H]1CC[C@@H]2O. The van der Waals surface area contributed by atoms with Gasteiger partial charge in [0.25, 0.3) is 0 Å². The zero-order valence-corrected chi connectivity index (χ0v) is 14.4. The second-order valence-electron chi connectivity index (χ2n) is 8.48. The number of phenols is 1. The molecule has 3 aliphatic rings. The van der Waals surface area contributed by atoms with Gasteiger partial charge in [0.05, 0.1) is 12.2 Å². The van der Waals surface area contributed by atoms with Gasteiger partial charge in [0, 0.05) is 6.42 Å². The van der Waals surface area contributed by atoms with Crippen molar-refractivity contribution in [2.75, 3.05) is 0 Å². The third kappa shape index (κ3) is 2.27.